The largest absolute Gasteiger partial charge is 0.497 e. The van der Waals surface area contributed by atoms with E-state index in [1.54, 1.807) is 12.0 Å². The Balaban J connectivity index is 1.53. The number of hydrogen-bond donors (Lipinski definition) is 1. The fourth-order valence-corrected chi connectivity index (χ4v) is 5.08. The fraction of sp³-hybridized carbons (Fsp3) is 0.423. The van der Waals surface area contributed by atoms with E-state index in [0.29, 0.717) is 18.9 Å². The van der Waals surface area contributed by atoms with Crippen LogP contribution in [-0.2, 0) is 17.9 Å². The molecule has 33 heavy (non-hydrogen) atoms. The highest BCUT2D eigenvalue weighted by Gasteiger charge is 2.48. The van der Waals surface area contributed by atoms with Crippen LogP contribution < -0.4 is 10.1 Å². The van der Waals surface area contributed by atoms with E-state index in [1.807, 2.05) is 60.0 Å². The van der Waals surface area contributed by atoms with Gasteiger partial charge in [-0.2, -0.15) is 0 Å². The van der Waals surface area contributed by atoms with Crippen molar-refractivity contribution in [2.45, 2.75) is 63.7 Å². The predicted octanol–water partition coefficient (Wildman–Crippen LogP) is 3.91. The molecule has 7 heteroatoms. The highest BCUT2D eigenvalue weighted by molar-refractivity contribution is 6.01. The Morgan fingerprint density at radius 3 is 2.58 bits per heavy atom. The molecule has 0 bridgehead atoms. The Bertz CT molecular complexity index is 1180. The van der Waals surface area contributed by atoms with Crippen LogP contribution in [0.25, 0.3) is 11.0 Å². The number of para-hydroxylation sites is 2. The molecule has 1 aliphatic carbocycles. The van der Waals surface area contributed by atoms with Gasteiger partial charge in [-0.05, 0) is 49.6 Å². The number of carbonyl (C=O) groups is 2. The summed E-state index contributed by atoms with van der Waals surface area (Å²) in [6, 6.07) is 15.5. The topological polar surface area (TPSA) is 76.5 Å². The number of carbonyl (C=O) groups excluding carboxylic acids is 2. The minimum atomic E-state index is -1.04. The summed E-state index contributed by atoms with van der Waals surface area (Å²) in [6.45, 7) is 2.56. The standard InChI is InChI=1S/C26H30N4O3/c1-26(25(32)27-19-8-4-3-5-9-19)17-29-22-11-7-6-10-21(22)28-23(29)24(31)30(26)16-18-12-14-20(33-2)15-13-18/h6-7,10-15,19H,3-5,8-9,16-17H2,1-2H3,(H,27,32). The summed E-state index contributed by atoms with van der Waals surface area (Å²) >= 11 is 0. The lowest BCUT2D eigenvalue weighted by Crippen LogP contribution is -2.64. The van der Waals surface area contributed by atoms with E-state index in [4.69, 9.17) is 4.74 Å². The Morgan fingerprint density at radius 2 is 1.85 bits per heavy atom. The Labute approximate surface area is 193 Å². The van der Waals surface area contributed by atoms with Crippen molar-refractivity contribution in [1.29, 1.82) is 0 Å². The smallest absolute Gasteiger partial charge is 0.291 e. The van der Waals surface area contributed by atoms with Crippen LogP contribution in [0, 0.1) is 0 Å². The van der Waals surface area contributed by atoms with Crippen molar-refractivity contribution in [2.75, 3.05) is 7.11 Å². The second-order valence-corrected chi connectivity index (χ2v) is 9.33. The zero-order chi connectivity index (χ0) is 23.0. The molecule has 1 aliphatic heterocycles. The number of rotatable bonds is 5. The normalized spacial score (nSPS) is 21.2. The zero-order valence-corrected chi connectivity index (χ0v) is 19.2. The van der Waals surface area contributed by atoms with E-state index in [9.17, 15) is 9.59 Å². The van der Waals surface area contributed by atoms with Crippen LogP contribution in [0.15, 0.2) is 48.5 Å². The molecule has 2 heterocycles. The van der Waals surface area contributed by atoms with Gasteiger partial charge in [0.1, 0.15) is 11.3 Å². The molecule has 0 spiro atoms. The van der Waals surface area contributed by atoms with Gasteiger partial charge in [0.2, 0.25) is 5.91 Å². The number of amides is 2. The molecule has 2 amide bonds. The zero-order valence-electron chi connectivity index (χ0n) is 19.2. The van der Waals surface area contributed by atoms with Gasteiger partial charge in [-0.25, -0.2) is 4.98 Å². The summed E-state index contributed by atoms with van der Waals surface area (Å²) in [5.41, 5.74) is 1.54. The van der Waals surface area contributed by atoms with Crippen LogP contribution >= 0.6 is 0 Å². The molecule has 2 aromatic carbocycles. The van der Waals surface area contributed by atoms with Gasteiger partial charge in [0, 0.05) is 12.6 Å². The van der Waals surface area contributed by atoms with Gasteiger partial charge in [-0.1, -0.05) is 43.5 Å². The van der Waals surface area contributed by atoms with Gasteiger partial charge < -0.3 is 19.5 Å². The number of nitrogens with zero attached hydrogens (tertiary/aromatic N) is 3. The second-order valence-electron chi connectivity index (χ2n) is 9.33. The van der Waals surface area contributed by atoms with Gasteiger partial charge in [0.15, 0.2) is 5.82 Å². The first-order chi connectivity index (χ1) is 16.0. The minimum absolute atomic E-state index is 0.0975. The van der Waals surface area contributed by atoms with Crippen LogP contribution in [0.1, 0.15) is 55.2 Å². The van der Waals surface area contributed by atoms with E-state index in [-0.39, 0.29) is 17.9 Å². The molecule has 1 atom stereocenters. The van der Waals surface area contributed by atoms with Crippen LogP contribution in [0.2, 0.25) is 0 Å². The molecule has 1 N–H and O–H groups in total. The molecular weight excluding hydrogens is 416 g/mol. The maximum absolute atomic E-state index is 13.8. The first-order valence-corrected chi connectivity index (χ1v) is 11.7. The Morgan fingerprint density at radius 1 is 1.12 bits per heavy atom. The van der Waals surface area contributed by atoms with E-state index in [2.05, 4.69) is 10.3 Å². The summed E-state index contributed by atoms with van der Waals surface area (Å²) in [6.07, 6.45) is 5.47. The fourth-order valence-electron chi connectivity index (χ4n) is 5.08. The highest BCUT2D eigenvalue weighted by atomic mass is 16.5. The first kappa shape index (κ1) is 21.5. The van der Waals surface area contributed by atoms with Gasteiger partial charge in [-0.3, -0.25) is 9.59 Å². The lowest BCUT2D eigenvalue weighted by Gasteiger charge is -2.44. The SMILES string of the molecule is COc1ccc(CN2C(=O)c3nc4ccccc4n3CC2(C)C(=O)NC2CCCCC2)cc1. The molecule has 7 nitrogen and oxygen atoms in total. The minimum Gasteiger partial charge on any atom is -0.497 e. The lowest BCUT2D eigenvalue weighted by molar-refractivity contribution is -0.134. The third kappa shape index (κ3) is 3.86. The maximum Gasteiger partial charge on any atom is 0.291 e. The molecule has 1 saturated carbocycles. The van der Waals surface area contributed by atoms with E-state index in [0.717, 1.165) is 48.0 Å². The first-order valence-electron chi connectivity index (χ1n) is 11.7. The van der Waals surface area contributed by atoms with Gasteiger partial charge >= 0.3 is 0 Å². The number of imidazole rings is 1. The molecule has 172 valence electrons. The molecule has 0 saturated heterocycles. The van der Waals surface area contributed by atoms with Crippen molar-refractivity contribution < 1.29 is 14.3 Å². The molecule has 3 aromatic rings. The number of nitrogens with one attached hydrogen (secondary N) is 1. The average Bonchev–Trinajstić information content (AvgIpc) is 3.21. The van der Waals surface area contributed by atoms with E-state index >= 15 is 0 Å². The van der Waals surface area contributed by atoms with Crippen molar-refractivity contribution in [3.05, 3.63) is 59.9 Å². The molecule has 1 fully saturated rings. The number of aromatic nitrogens is 2. The summed E-state index contributed by atoms with van der Waals surface area (Å²) in [5.74, 6) is 0.810. The third-order valence-corrected chi connectivity index (χ3v) is 7.08. The van der Waals surface area contributed by atoms with Crippen molar-refractivity contribution in [3.8, 4) is 5.75 Å². The summed E-state index contributed by atoms with van der Waals surface area (Å²) in [5, 5.41) is 3.27. The van der Waals surface area contributed by atoms with Crippen molar-refractivity contribution >= 4 is 22.8 Å². The molecular formula is C26H30N4O3. The van der Waals surface area contributed by atoms with Crippen LogP contribution in [0.5, 0.6) is 5.75 Å². The predicted molar refractivity (Wildman–Crippen MR) is 126 cm³/mol. The second kappa shape index (κ2) is 8.54. The number of fused-ring (bicyclic) bond motifs is 3. The van der Waals surface area contributed by atoms with Gasteiger partial charge in [0.25, 0.3) is 5.91 Å². The van der Waals surface area contributed by atoms with Crippen molar-refractivity contribution in [3.63, 3.8) is 0 Å². The summed E-state index contributed by atoms with van der Waals surface area (Å²) in [7, 11) is 1.63. The van der Waals surface area contributed by atoms with Gasteiger partial charge in [0.05, 0.1) is 24.7 Å². The number of methoxy groups -OCH3 is 1. The number of benzene rings is 2. The van der Waals surface area contributed by atoms with Crippen molar-refractivity contribution in [1.82, 2.24) is 19.8 Å². The van der Waals surface area contributed by atoms with Crippen LogP contribution in [-0.4, -0.2) is 45.0 Å². The van der Waals surface area contributed by atoms with Crippen molar-refractivity contribution in [2.24, 2.45) is 0 Å². The molecule has 0 radical (unpaired) electrons. The number of ether oxygens (including phenoxy) is 1. The third-order valence-electron chi connectivity index (χ3n) is 7.08. The Hall–Kier alpha value is -3.35. The van der Waals surface area contributed by atoms with Gasteiger partial charge in [-0.15, -0.1) is 0 Å². The molecule has 1 aromatic heterocycles. The highest BCUT2D eigenvalue weighted by Crippen LogP contribution is 2.32. The van der Waals surface area contributed by atoms with Crippen LogP contribution in [0.4, 0.5) is 0 Å². The number of hydrogen-bond acceptors (Lipinski definition) is 4. The molecule has 1 unspecified atom stereocenters. The quantitative estimate of drug-likeness (QED) is 0.645. The molecule has 2 aliphatic rings. The Kier molecular flexibility index (Phi) is 5.56. The lowest BCUT2D eigenvalue weighted by atomic mass is 9.91. The molecule has 5 rings (SSSR count). The summed E-state index contributed by atoms with van der Waals surface area (Å²) < 4.78 is 7.17. The average molecular weight is 447 g/mol. The summed E-state index contributed by atoms with van der Waals surface area (Å²) in [4.78, 5) is 33.8. The maximum atomic E-state index is 13.8. The van der Waals surface area contributed by atoms with E-state index in [1.165, 1.54) is 6.42 Å². The van der Waals surface area contributed by atoms with E-state index < -0.39 is 5.54 Å². The monoisotopic (exact) mass is 446 g/mol. The van der Waals surface area contributed by atoms with Crippen LogP contribution in [0.3, 0.4) is 0 Å².